The molecule has 1 unspecified atom stereocenters. The Morgan fingerprint density at radius 2 is 1.78 bits per heavy atom. The lowest BCUT2D eigenvalue weighted by molar-refractivity contribution is 0.0908. The van der Waals surface area contributed by atoms with E-state index < -0.39 is 0 Å². The number of benzene rings is 2. The fourth-order valence-corrected chi connectivity index (χ4v) is 6.21. The molecule has 1 amide bonds. The van der Waals surface area contributed by atoms with Crippen LogP contribution in [-0.4, -0.2) is 40.3 Å². The maximum atomic E-state index is 13.5. The summed E-state index contributed by atoms with van der Waals surface area (Å²) in [5, 5.41) is 9.85. The molecule has 2 heterocycles. The molecule has 1 atom stereocenters. The van der Waals surface area contributed by atoms with Crippen LogP contribution in [-0.2, 0) is 12.8 Å². The maximum Gasteiger partial charge on any atom is 0.273 e. The number of rotatable bonds is 6. The fourth-order valence-electron chi connectivity index (χ4n) is 5.51. The van der Waals surface area contributed by atoms with E-state index in [1.807, 2.05) is 35.0 Å². The molecule has 1 aromatic heterocycles. The first-order valence-corrected chi connectivity index (χ1v) is 13.9. The van der Waals surface area contributed by atoms with Crippen molar-refractivity contribution in [3.05, 3.63) is 80.0 Å². The number of carbonyl (C=O) groups excluding carboxylic acids is 1. The lowest BCUT2D eigenvalue weighted by Gasteiger charge is -2.26. The van der Waals surface area contributed by atoms with Crippen molar-refractivity contribution in [2.75, 3.05) is 19.8 Å². The SMILES string of the molecule is O=C(NCN1CCCCC1)c1nn(-c2ccc(Cl)cc2Cl)c2c1CCCCC2Cc1cccc(Cl)c1. The zero-order chi connectivity index (χ0) is 25.1. The summed E-state index contributed by atoms with van der Waals surface area (Å²) in [5.41, 5.74) is 4.52. The van der Waals surface area contributed by atoms with Gasteiger partial charge < -0.3 is 5.32 Å². The zero-order valence-corrected chi connectivity index (χ0v) is 22.5. The molecular formula is C28H31Cl3N4O. The van der Waals surface area contributed by atoms with E-state index >= 15 is 0 Å². The van der Waals surface area contributed by atoms with Gasteiger partial charge >= 0.3 is 0 Å². The molecule has 5 rings (SSSR count). The number of aromatic nitrogens is 2. The van der Waals surface area contributed by atoms with Crippen LogP contribution in [0.15, 0.2) is 42.5 Å². The number of nitrogens with one attached hydrogen (secondary N) is 1. The van der Waals surface area contributed by atoms with Crippen LogP contribution in [0.5, 0.6) is 0 Å². The van der Waals surface area contributed by atoms with E-state index in [0.29, 0.717) is 22.4 Å². The molecule has 1 aliphatic carbocycles. The Balaban J connectivity index is 1.54. The quantitative estimate of drug-likeness (QED) is 0.337. The van der Waals surface area contributed by atoms with Crippen molar-refractivity contribution in [1.29, 1.82) is 0 Å². The van der Waals surface area contributed by atoms with Crippen molar-refractivity contribution >= 4 is 40.7 Å². The van der Waals surface area contributed by atoms with E-state index in [4.69, 9.17) is 39.9 Å². The third-order valence-electron chi connectivity index (χ3n) is 7.28. The molecule has 1 aliphatic heterocycles. The van der Waals surface area contributed by atoms with Crippen LogP contribution in [0.2, 0.25) is 15.1 Å². The Labute approximate surface area is 227 Å². The van der Waals surface area contributed by atoms with Gasteiger partial charge in [-0.2, -0.15) is 5.10 Å². The number of halogens is 3. The topological polar surface area (TPSA) is 50.2 Å². The van der Waals surface area contributed by atoms with Gasteiger partial charge in [-0.3, -0.25) is 9.69 Å². The first kappa shape index (κ1) is 25.6. The van der Waals surface area contributed by atoms with Crippen molar-refractivity contribution < 1.29 is 4.79 Å². The highest BCUT2D eigenvalue weighted by atomic mass is 35.5. The van der Waals surface area contributed by atoms with Gasteiger partial charge in [0.1, 0.15) is 0 Å². The highest BCUT2D eigenvalue weighted by Crippen LogP contribution is 2.38. The molecule has 0 bridgehead atoms. The summed E-state index contributed by atoms with van der Waals surface area (Å²) in [4.78, 5) is 15.8. The molecular weight excluding hydrogens is 515 g/mol. The second-order valence-electron chi connectivity index (χ2n) is 9.84. The Kier molecular flexibility index (Phi) is 8.22. The molecule has 190 valence electrons. The molecule has 0 spiro atoms. The molecule has 2 aromatic carbocycles. The molecule has 36 heavy (non-hydrogen) atoms. The van der Waals surface area contributed by atoms with E-state index in [-0.39, 0.29) is 11.8 Å². The van der Waals surface area contributed by atoms with Gasteiger partial charge in [0.05, 0.1) is 23.1 Å². The monoisotopic (exact) mass is 544 g/mol. The Bertz CT molecular complexity index is 1240. The largest absolute Gasteiger partial charge is 0.338 e. The van der Waals surface area contributed by atoms with Gasteiger partial charge in [0.25, 0.3) is 5.91 Å². The number of hydrogen-bond acceptors (Lipinski definition) is 3. The number of carbonyl (C=O) groups is 1. The average molecular weight is 546 g/mol. The maximum absolute atomic E-state index is 13.5. The van der Waals surface area contributed by atoms with Gasteiger partial charge in [-0.1, -0.05) is 59.8 Å². The highest BCUT2D eigenvalue weighted by Gasteiger charge is 2.31. The van der Waals surface area contributed by atoms with Gasteiger partial charge in [-0.05, 0) is 87.5 Å². The number of fused-ring (bicyclic) bond motifs is 1. The second kappa shape index (κ2) is 11.6. The summed E-state index contributed by atoms with van der Waals surface area (Å²) in [7, 11) is 0. The smallest absolute Gasteiger partial charge is 0.273 e. The number of piperidine rings is 1. The van der Waals surface area contributed by atoms with Crippen LogP contribution in [0.1, 0.15) is 71.8 Å². The van der Waals surface area contributed by atoms with Crippen molar-refractivity contribution in [2.24, 2.45) is 0 Å². The first-order valence-electron chi connectivity index (χ1n) is 12.8. The predicted molar refractivity (Wildman–Crippen MR) is 147 cm³/mol. The van der Waals surface area contributed by atoms with E-state index in [9.17, 15) is 4.79 Å². The summed E-state index contributed by atoms with van der Waals surface area (Å²) in [6.45, 7) is 2.60. The minimum absolute atomic E-state index is 0.121. The molecule has 0 saturated carbocycles. The zero-order valence-electron chi connectivity index (χ0n) is 20.3. The van der Waals surface area contributed by atoms with Crippen LogP contribution in [0.3, 0.4) is 0 Å². The van der Waals surface area contributed by atoms with Crippen molar-refractivity contribution in [3.8, 4) is 5.69 Å². The molecule has 1 saturated heterocycles. The lowest BCUT2D eigenvalue weighted by atomic mass is 9.91. The van der Waals surface area contributed by atoms with Crippen LogP contribution >= 0.6 is 34.8 Å². The van der Waals surface area contributed by atoms with Crippen molar-refractivity contribution in [1.82, 2.24) is 20.0 Å². The van der Waals surface area contributed by atoms with Gasteiger partial charge in [-0.15, -0.1) is 0 Å². The standard InChI is InChI=1S/C28H31Cl3N4O/c29-21-9-6-7-19(16-21)15-20-8-2-3-10-23-26(28(36)32-18-34-13-4-1-5-14-34)33-35(27(20)23)25-12-11-22(30)17-24(25)31/h6-7,9,11-12,16-17,20H,1-5,8,10,13-15,18H2,(H,32,36). The molecule has 2 aliphatic rings. The number of nitrogens with zero attached hydrogens (tertiary/aromatic N) is 3. The Morgan fingerprint density at radius 1 is 0.972 bits per heavy atom. The van der Waals surface area contributed by atoms with E-state index in [2.05, 4.69) is 16.3 Å². The Hall–Kier alpha value is -2.05. The fraction of sp³-hybridized carbons (Fsp3) is 0.429. The van der Waals surface area contributed by atoms with Crippen LogP contribution in [0.25, 0.3) is 5.69 Å². The lowest BCUT2D eigenvalue weighted by Crippen LogP contribution is -2.40. The van der Waals surface area contributed by atoms with Gasteiger partial charge in [0.15, 0.2) is 5.69 Å². The van der Waals surface area contributed by atoms with E-state index in [0.717, 1.165) is 67.2 Å². The van der Waals surface area contributed by atoms with Crippen molar-refractivity contribution in [2.45, 2.75) is 57.3 Å². The molecule has 3 aromatic rings. The molecule has 1 fully saturated rings. The molecule has 8 heteroatoms. The summed E-state index contributed by atoms with van der Waals surface area (Å²) >= 11 is 19.2. The van der Waals surface area contributed by atoms with E-state index in [1.54, 1.807) is 6.07 Å². The summed E-state index contributed by atoms with van der Waals surface area (Å²) in [6, 6.07) is 13.4. The summed E-state index contributed by atoms with van der Waals surface area (Å²) < 4.78 is 1.89. The highest BCUT2D eigenvalue weighted by molar-refractivity contribution is 6.35. The number of likely N-dealkylation sites (tertiary alicyclic amines) is 1. The van der Waals surface area contributed by atoms with Crippen LogP contribution < -0.4 is 5.32 Å². The van der Waals surface area contributed by atoms with Gasteiger partial charge in [0.2, 0.25) is 0 Å². The predicted octanol–water partition coefficient (Wildman–Crippen LogP) is 7.06. The minimum atomic E-state index is -0.121. The van der Waals surface area contributed by atoms with Crippen LogP contribution in [0, 0.1) is 0 Å². The number of hydrogen-bond donors (Lipinski definition) is 1. The normalized spacial score (nSPS) is 18.5. The van der Waals surface area contributed by atoms with Gasteiger partial charge in [0, 0.05) is 21.5 Å². The molecule has 1 N–H and O–H groups in total. The average Bonchev–Trinajstić information content (AvgIpc) is 3.12. The third-order valence-corrected chi connectivity index (χ3v) is 8.05. The van der Waals surface area contributed by atoms with Crippen LogP contribution in [0.4, 0.5) is 0 Å². The molecule has 0 radical (unpaired) electrons. The summed E-state index contributed by atoms with van der Waals surface area (Å²) in [5.74, 6) is 0.0629. The van der Waals surface area contributed by atoms with E-state index in [1.165, 1.54) is 24.8 Å². The number of amides is 1. The second-order valence-corrected chi connectivity index (χ2v) is 11.1. The van der Waals surface area contributed by atoms with Gasteiger partial charge in [-0.25, -0.2) is 4.68 Å². The third kappa shape index (κ3) is 5.75. The van der Waals surface area contributed by atoms with Crippen molar-refractivity contribution in [3.63, 3.8) is 0 Å². The Morgan fingerprint density at radius 3 is 2.56 bits per heavy atom. The molecule has 5 nitrogen and oxygen atoms in total. The minimum Gasteiger partial charge on any atom is -0.338 e. The first-order chi connectivity index (χ1) is 17.5. The summed E-state index contributed by atoms with van der Waals surface area (Å²) in [6.07, 6.45) is 8.37.